The van der Waals surface area contributed by atoms with Gasteiger partial charge < -0.3 is 9.80 Å². The number of hydrogen-bond acceptors (Lipinski definition) is 3. The van der Waals surface area contributed by atoms with Crippen molar-refractivity contribution in [1.82, 2.24) is 9.80 Å². The average Bonchev–Trinajstić information content (AvgIpc) is 3.27. The zero-order valence-corrected chi connectivity index (χ0v) is 17.0. The van der Waals surface area contributed by atoms with E-state index >= 15 is 0 Å². The molecule has 0 N–H and O–H groups in total. The molecule has 2 aromatic carbocycles. The Morgan fingerprint density at radius 1 is 0.793 bits per heavy atom. The van der Waals surface area contributed by atoms with E-state index < -0.39 is 0 Å². The largest absolute Gasteiger partial charge is 0.336 e. The van der Waals surface area contributed by atoms with Gasteiger partial charge in [-0.05, 0) is 49.6 Å². The summed E-state index contributed by atoms with van der Waals surface area (Å²) in [5.74, 6) is 0.683. The van der Waals surface area contributed by atoms with Crippen LogP contribution in [-0.2, 0) is 11.2 Å². The van der Waals surface area contributed by atoms with Crippen molar-refractivity contribution >= 4 is 11.7 Å². The Kier molecular flexibility index (Phi) is 6.40. The molecule has 29 heavy (non-hydrogen) atoms. The van der Waals surface area contributed by atoms with Crippen LogP contribution >= 0.6 is 0 Å². The Morgan fingerprint density at radius 3 is 2.10 bits per heavy atom. The average molecular weight is 391 g/mol. The van der Waals surface area contributed by atoms with Gasteiger partial charge in [-0.15, -0.1) is 0 Å². The van der Waals surface area contributed by atoms with E-state index in [0.717, 1.165) is 31.7 Å². The molecule has 0 spiro atoms. The molecule has 2 aliphatic heterocycles. The molecule has 0 aliphatic carbocycles. The first-order valence-corrected chi connectivity index (χ1v) is 10.9. The van der Waals surface area contributed by atoms with Crippen molar-refractivity contribution in [3.8, 4) is 0 Å². The molecule has 2 heterocycles. The highest BCUT2D eigenvalue weighted by Gasteiger charge is 2.34. The maximum atomic E-state index is 12.6. The highest BCUT2D eigenvalue weighted by molar-refractivity contribution is 6.42. The lowest BCUT2D eigenvalue weighted by molar-refractivity contribution is -0.128. The van der Waals surface area contributed by atoms with Crippen LogP contribution in [-0.4, -0.2) is 54.2 Å². The van der Waals surface area contributed by atoms with Crippen LogP contribution < -0.4 is 0 Å². The third-order valence-corrected chi connectivity index (χ3v) is 6.59. The van der Waals surface area contributed by atoms with Gasteiger partial charge in [0.2, 0.25) is 5.78 Å². The number of carbonyl (C=O) groups is 2. The Labute approximate surface area is 173 Å². The molecule has 0 radical (unpaired) electrons. The molecule has 0 bridgehead atoms. The third kappa shape index (κ3) is 4.94. The molecule has 1 unspecified atom stereocenters. The van der Waals surface area contributed by atoms with Crippen molar-refractivity contribution in [2.75, 3.05) is 32.7 Å². The van der Waals surface area contributed by atoms with Gasteiger partial charge >= 0.3 is 0 Å². The van der Waals surface area contributed by atoms with Crippen LogP contribution in [0, 0.1) is 11.8 Å². The fourth-order valence-corrected chi connectivity index (χ4v) is 4.81. The summed E-state index contributed by atoms with van der Waals surface area (Å²) in [5.41, 5.74) is 1.90. The van der Waals surface area contributed by atoms with Gasteiger partial charge in [-0.25, -0.2) is 0 Å². The number of ketones is 1. The Balaban J connectivity index is 1.23. The number of likely N-dealkylation sites (tertiary alicyclic amines) is 2. The summed E-state index contributed by atoms with van der Waals surface area (Å²) in [5, 5.41) is 0. The predicted molar refractivity (Wildman–Crippen MR) is 115 cm³/mol. The lowest BCUT2D eigenvalue weighted by Crippen LogP contribution is -2.43. The molecule has 2 saturated heterocycles. The van der Waals surface area contributed by atoms with Crippen molar-refractivity contribution in [2.24, 2.45) is 11.8 Å². The van der Waals surface area contributed by atoms with E-state index in [-0.39, 0.29) is 11.7 Å². The highest BCUT2D eigenvalue weighted by Crippen LogP contribution is 2.32. The summed E-state index contributed by atoms with van der Waals surface area (Å²) in [7, 11) is 0. The van der Waals surface area contributed by atoms with Gasteiger partial charge in [0, 0.05) is 31.7 Å². The van der Waals surface area contributed by atoms with Gasteiger partial charge in [0.15, 0.2) is 0 Å². The minimum absolute atomic E-state index is 0.342. The van der Waals surface area contributed by atoms with E-state index in [0.29, 0.717) is 24.6 Å². The van der Waals surface area contributed by atoms with Crippen LogP contribution in [0.25, 0.3) is 0 Å². The van der Waals surface area contributed by atoms with Crippen LogP contribution in [0.3, 0.4) is 0 Å². The van der Waals surface area contributed by atoms with Crippen LogP contribution in [0.4, 0.5) is 0 Å². The van der Waals surface area contributed by atoms with Crippen molar-refractivity contribution in [1.29, 1.82) is 0 Å². The summed E-state index contributed by atoms with van der Waals surface area (Å²) >= 11 is 0. The number of benzene rings is 2. The lowest BCUT2D eigenvalue weighted by atomic mass is 9.83. The molecule has 4 heteroatoms. The minimum Gasteiger partial charge on any atom is -0.336 e. The highest BCUT2D eigenvalue weighted by atomic mass is 16.2. The summed E-state index contributed by atoms with van der Waals surface area (Å²) in [4.78, 5) is 29.3. The molecule has 4 nitrogen and oxygen atoms in total. The maximum absolute atomic E-state index is 12.6. The molecule has 1 amide bonds. The number of nitrogens with zero attached hydrogens (tertiary/aromatic N) is 2. The SMILES string of the molecule is O=C(C(=O)N1CCC(C2CCN(CCc3ccccc3)C2)CC1)c1ccccc1. The predicted octanol–water partition coefficient (Wildman–Crippen LogP) is 3.67. The molecule has 0 saturated carbocycles. The maximum Gasteiger partial charge on any atom is 0.294 e. The summed E-state index contributed by atoms with van der Waals surface area (Å²) in [6.45, 7) is 4.91. The molecule has 1 atom stereocenters. The monoisotopic (exact) mass is 390 g/mol. The summed E-state index contributed by atoms with van der Waals surface area (Å²) < 4.78 is 0. The summed E-state index contributed by atoms with van der Waals surface area (Å²) in [6, 6.07) is 19.6. The first-order valence-electron chi connectivity index (χ1n) is 10.9. The molecule has 4 rings (SSSR count). The second-order valence-electron chi connectivity index (χ2n) is 8.41. The number of hydrogen-bond donors (Lipinski definition) is 0. The standard InChI is InChI=1S/C25H30N2O2/c28-24(22-9-5-2-6-10-22)25(29)27-17-13-21(14-18-27)23-12-16-26(19-23)15-11-20-7-3-1-4-8-20/h1-10,21,23H,11-19H2. The minimum atomic E-state index is -0.378. The van der Waals surface area contributed by atoms with E-state index in [1.165, 1.54) is 25.1 Å². The third-order valence-electron chi connectivity index (χ3n) is 6.59. The second kappa shape index (κ2) is 9.36. The van der Waals surface area contributed by atoms with Crippen molar-refractivity contribution in [2.45, 2.75) is 25.7 Å². The van der Waals surface area contributed by atoms with Crippen molar-refractivity contribution in [3.05, 3.63) is 71.8 Å². The van der Waals surface area contributed by atoms with Gasteiger partial charge in [-0.3, -0.25) is 9.59 Å². The molecule has 2 aromatic rings. The molecule has 2 aliphatic rings. The molecule has 152 valence electrons. The second-order valence-corrected chi connectivity index (χ2v) is 8.41. The lowest BCUT2D eigenvalue weighted by Gasteiger charge is -2.34. The number of piperidine rings is 1. The van der Waals surface area contributed by atoms with E-state index in [9.17, 15) is 9.59 Å². The van der Waals surface area contributed by atoms with Gasteiger partial charge in [-0.2, -0.15) is 0 Å². The van der Waals surface area contributed by atoms with Crippen LogP contribution in [0.2, 0.25) is 0 Å². The quantitative estimate of drug-likeness (QED) is 0.558. The van der Waals surface area contributed by atoms with E-state index in [4.69, 9.17) is 0 Å². The van der Waals surface area contributed by atoms with Gasteiger partial charge in [0.25, 0.3) is 5.91 Å². The van der Waals surface area contributed by atoms with E-state index in [1.54, 1.807) is 29.2 Å². The number of rotatable bonds is 6. The molecular weight excluding hydrogens is 360 g/mol. The topological polar surface area (TPSA) is 40.6 Å². The first kappa shape index (κ1) is 19.8. The Bertz CT molecular complexity index is 813. The zero-order valence-electron chi connectivity index (χ0n) is 17.0. The van der Waals surface area contributed by atoms with Crippen molar-refractivity contribution in [3.63, 3.8) is 0 Å². The van der Waals surface area contributed by atoms with Crippen LogP contribution in [0.15, 0.2) is 60.7 Å². The van der Waals surface area contributed by atoms with E-state index in [1.807, 2.05) is 6.07 Å². The van der Waals surface area contributed by atoms with Crippen molar-refractivity contribution < 1.29 is 9.59 Å². The first-order chi connectivity index (χ1) is 14.2. The van der Waals surface area contributed by atoms with Gasteiger partial charge in [0.1, 0.15) is 0 Å². The van der Waals surface area contributed by atoms with Gasteiger partial charge in [-0.1, -0.05) is 60.7 Å². The fraction of sp³-hybridized carbons (Fsp3) is 0.440. The smallest absolute Gasteiger partial charge is 0.294 e. The van der Waals surface area contributed by atoms with Gasteiger partial charge in [0.05, 0.1) is 0 Å². The summed E-state index contributed by atoms with van der Waals surface area (Å²) in [6.07, 6.45) is 4.41. The normalized spacial score (nSPS) is 20.7. The zero-order chi connectivity index (χ0) is 20.1. The Hall–Kier alpha value is -2.46. The van der Waals surface area contributed by atoms with Crippen LogP contribution in [0.5, 0.6) is 0 Å². The van der Waals surface area contributed by atoms with Crippen LogP contribution in [0.1, 0.15) is 35.2 Å². The Morgan fingerprint density at radius 2 is 1.41 bits per heavy atom. The number of carbonyl (C=O) groups excluding carboxylic acids is 2. The number of Topliss-reactive ketones (excluding diaryl/α,β-unsaturated/α-hetero) is 1. The fourth-order valence-electron chi connectivity index (χ4n) is 4.81. The molecule has 2 fully saturated rings. The van der Waals surface area contributed by atoms with E-state index in [2.05, 4.69) is 35.2 Å². The molecular formula is C25H30N2O2. The molecule has 0 aromatic heterocycles. The number of amides is 1.